The van der Waals surface area contributed by atoms with Gasteiger partial charge < -0.3 is 9.84 Å². The van der Waals surface area contributed by atoms with Crippen LogP contribution in [0.3, 0.4) is 0 Å². The number of aryl methyl sites for hydroxylation is 1. The molecule has 0 radical (unpaired) electrons. The van der Waals surface area contributed by atoms with Gasteiger partial charge in [0.25, 0.3) is 0 Å². The largest absolute Gasteiger partial charge is 0.360 e. The Morgan fingerprint density at radius 3 is 2.70 bits per heavy atom. The molecule has 0 fully saturated rings. The molecule has 1 aromatic heterocycles. The number of urea groups is 1. The fraction of sp³-hybridized carbons (Fsp3) is 0.231. The van der Waals surface area contributed by atoms with E-state index in [9.17, 15) is 4.79 Å². The van der Waals surface area contributed by atoms with Crippen LogP contribution >= 0.6 is 23.2 Å². The molecule has 7 heteroatoms. The zero-order valence-corrected chi connectivity index (χ0v) is 12.4. The van der Waals surface area contributed by atoms with Crippen molar-refractivity contribution in [2.75, 3.05) is 5.32 Å². The van der Waals surface area contributed by atoms with Gasteiger partial charge in [0.2, 0.25) is 0 Å². The highest BCUT2D eigenvalue weighted by atomic mass is 35.5. The Balaban J connectivity index is 2.00. The molecule has 0 unspecified atom stereocenters. The first-order valence-corrected chi connectivity index (χ1v) is 6.67. The van der Waals surface area contributed by atoms with Crippen molar-refractivity contribution in [2.24, 2.45) is 0 Å². The summed E-state index contributed by atoms with van der Waals surface area (Å²) in [5.41, 5.74) is 0.780. The van der Waals surface area contributed by atoms with Crippen molar-refractivity contribution in [1.82, 2.24) is 10.5 Å². The molecule has 0 bridgehead atoms. The van der Waals surface area contributed by atoms with Gasteiger partial charge in [-0.1, -0.05) is 34.4 Å². The van der Waals surface area contributed by atoms with Crippen molar-refractivity contribution >= 4 is 35.1 Å². The average molecular weight is 314 g/mol. The number of carbonyl (C=O) groups excluding carboxylic acids is 1. The zero-order chi connectivity index (χ0) is 14.7. The molecule has 1 atom stereocenters. The molecule has 1 heterocycles. The van der Waals surface area contributed by atoms with Crippen molar-refractivity contribution in [3.63, 3.8) is 0 Å². The number of carbonyl (C=O) groups is 1. The van der Waals surface area contributed by atoms with Gasteiger partial charge in [0, 0.05) is 16.1 Å². The van der Waals surface area contributed by atoms with E-state index in [0.29, 0.717) is 21.6 Å². The van der Waals surface area contributed by atoms with Crippen LogP contribution in [0.4, 0.5) is 10.6 Å². The Morgan fingerprint density at radius 2 is 2.10 bits per heavy atom. The van der Waals surface area contributed by atoms with Gasteiger partial charge in [-0.05, 0) is 31.5 Å². The number of anilines is 1. The summed E-state index contributed by atoms with van der Waals surface area (Å²) in [5.74, 6) is 0.975. The van der Waals surface area contributed by atoms with Gasteiger partial charge in [0.05, 0.1) is 6.04 Å². The van der Waals surface area contributed by atoms with Crippen molar-refractivity contribution in [3.8, 4) is 0 Å². The molecule has 2 N–H and O–H groups in total. The topological polar surface area (TPSA) is 67.2 Å². The number of hydrogen-bond acceptors (Lipinski definition) is 3. The summed E-state index contributed by atoms with van der Waals surface area (Å²) < 4.78 is 4.86. The van der Waals surface area contributed by atoms with Gasteiger partial charge in [0.15, 0.2) is 5.82 Å². The molecule has 1 aromatic carbocycles. The van der Waals surface area contributed by atoms with Gasteiger partial charge >= 0.3 is 6.03 Å². The first-order chi connectivity index (χ1) is 9.45. The SMILES string of the molecule is Cc1cc(NC(=O)N[C@@H](C)c2ccc(Cl)cc2Cl)no1. The number of nitrogens with zero attached hydrogens (tertiary/aromatic N) is 1. The van der Waals surface area contributed by atoms with E-state index in [0.717, 1.165) is 5.56 Å². The van der Waals surface area contributed by atoms with Gasteiger partial charge in [0.1, 0.15) is 5.76 Å². The molecule has 20 heavy (non-hydrogen) atoms. The lowest BCUT2D eigenvalue weighted by molar-refractivity contribution is 0.249. The molecule has 2 rings (SSSR count). The summed E-state index contributed by atoms with van der Waals surface area (Å²) in [4.78, 5) is 11.8. The molecular formula is C13H13Cl2N3O2. The highest BCUT2D eigenvalue weighted by Gasteiger charge is 2.14. The van der Waals surface area contributed by atoms with Crippen LogP contribution < -0.4 is 10.6 Å². The Kier molecular flexibility index (Phi) is 4.52. The Labute approximate surface area is 126 Å². The number of rotatable bonds is 3. The summed E-state index contributed by atoms with van der Waals surface area (Å²) in [5, 5.41) is 10.1. The van der Waals surface area contributed by atoms with Gasteiger partial charge in [-0.15, -0.1) is 0 Å². The monoisotopic (exact) mass is 313 g/mol. The number of nitrogens with one attached hydrogen (secondary N) is 2. The van der Waals surface area contributed by atoms with E-state index in [1.807, 2.05) is 6.92 Å². The van der Waals surface area contributed by atoms with Crippen LogP contribution in [0.15, 0.2) is 28.8 Å². The number of halogens is 2. The number of aromatic nitrogens is 1. The Bertz CT molecular complexity index is 628. The van der Waals surface area contributed by atoms with E-state index in [-0.39, 0.29) is 6.04 Å². The van der Waals surface area contributed by atoms with E-state index >= 15 is 0 Å². The van der Waals surface area contributed by atoms with E-state index in [4.69, 9.17) is 27.7 Å². The van der Waals surface area contributed by atoms with Gasteiger partial charge in [-0.3, -0.25) is 5.32 Å². The number of amides is 2. The molecule has 0 aliphatic heterocycles. The summed E-state index contributed by atoms with van der Waals surface area (Å²) in [7, 11) is 0. The Hall–Kier alpha value is -1.72. The first kappa shape index (κ1) is 14.7. The minimum absolute atomic E-state index is 0.271. The first-order valence-electron chi connectivity index (χ1n) is 5.91. The molecule has 2 amide bonds. The molecule has 0 aliphatic rings. The van der Waals surface area contributed by atoms with Crippen LogP contribution in [0.25, 0.3) is 0 Å². The fourth-order valence-corrected chi connectivity index (χ4v) is 2.28. The van der Waals surface area contributed by atoms with Crippen LogP contribution in [-0.4, -0.2) is 11.2 Å². The minimum Gasteiger partial charge on any atom is -0.360 e. The fourth-order valence-electron chi connectivity index (χ4n) is 1.70. The van der Waals surface area contributed by atoms with E-state index in [2.05, 4.69) is 15.8 Å². The van der Waals surface area contributed by atoms with Crippen molar-refractivity contribution in [3.05, 3.63) is 45.6 Å². The van der Waals surface area contributed by atoms with E-state index < -0.39 is 6.03 Å². The highest BCUT2D eigenvalue weighted by molar-refractivity contribution is 6.35. The predicted molar refractivity (Wildman–Crippen MR) is 78.3 cm³/mol. The molecule has 0 saturated heterocycles. The summed E-state index contributed by atoms with van der Waals surface area (Å²) in [6.07, 6.45) is 0. The molecule has 0 spiro atoms. The molecule has 0 saturated carbocycles. The third-order valence-electron chi connectivity index (χ3n) is 2.65. The maximum absolute atomic E-state index is 11.8. The van der Waals surface area contributed by atoms with E-state index in [1.54, 1.807) is 31.2 Å². The molecule has 0 aliphatic carbocycles. The van der Waals surface area contributed by atoms with E-state index in [1.165, 1.54) is 0 Å². The van der Waals surface area contributed by atoms with Crippen LogP contribution in [-0.2, 0) is 0 Å². The van der Waals surface area contributed by atoms with Gasteiger partial charge in [-0.25, -0.2) is 4.79 Å². The van der Waals surface area contributed by atoms with Gasteiger partial charge in [-0.2, -0.15) is 0 Å². The predicted octanol–water partition coefficient (Wildman–Crippen LogP) is 4.17. The molecule has 2 aromatic rings. The van der Waals surface area contributed by atoms with Crippen LogP contribution in [0.1, 0.15) is 24.3 Å². The molecular weight excluding hydrogens is 301 g/mol. The number of hydrogen-bond donors (Lipinski definition) is 2. The molecule has 5 nitrogen and oxygen atoms in total. The second-order valence-corrected chi connectivity index (χ2v) is 5.15. The quantitative estimate of drug-likeness (QED) is 0.893. The second-order valence-electron chi connectivity index (χ2n) is 4.31. The summed E-state index contributed by atoms with van der Waals surface area (Å²) in [6, 6.07) is 6.09. The third-order valence-corrected chi connectivity index (χ3v) is 3.21. The number of benzene rings is 1. The van der Waals surface area contributed by atoms with Crippen molar-refractivity contribution in [1.29, 1.82) is 0 Å². The van der Waals surface area contributed by atoms with Crippen LogP contribution in [0, 0.1) is 6.92 Å². The second kappa shape index (κ2) is 6.15. The standard InChI is InChI=1S/C13H13Cl2N3O2/c1-7-5-12(18-20-7)17-13(19)16-8(2)10-4-3-9(14)6-11(10)15/h3-6,8H,1-2H3,(H2,16,17,18,19)/t8-/m0/s1. The molecule has 106 valence electrons. The lowest BCUT2D eigenvalue weighted by atomic mass is 10.1. The highest BCUT2D eigenvalue weighted by Crippen LogP contribution is 2.26. The van der Waals surface area contributed by atoms with Crippen molar-refractivity contribution in [2.45, 2.75) is 19.9 Å². The smallest absolute Gasteiger partial charge is 0.320 e. The van der Waals surface area contributed by atoms with Crippen LogP contribution in [0.5, 0.6) is 0 Å². The lowest BCUT2D eigenvalue weighted by Gasteiger charge is -2.15. The average Bonchev–Trinajstić information content (AvgIpc) is 2.74. The minimum atomic E-state index is -0.392. The lowest BCUT2D eigenvalue weighted by Crippen LogP contribution is -2.31. The third kappa shape index (κ3) is 3.65. The summed E-state index contributed by atoms with van der Waals surface area (Å²) in [6.45, 7) is 3.56. The normalized spacial score (nSPS) is 12.0. The van der Waals surface area contributed by atoms with Crippen LogP contribution in [0.2, 0.25) is 10.0 Å². The Morgan fingerprint density at radius 1 is 1.35 bits per heavy atom. The van der Waals surface area contributed by atoms with Crippen molar-refractivity contribution < 1.29 is 9.32 Å². The zero-order valence-electron chi connectivity index (χ0n) is 10.9. The summed E-state index contributed by atoms with van der Waals surface area (Å²) >= 11 is 11.9. The maximum atomic E-state index is 11.8. The maximum Gasteiger partial charge on any atom is 0.320 e.